The third kappa shape index (κ3) is 6.93. The first-order valence-corrected chi connectivity index (χ1v) is 6.16. The number of allylic oxidation sites excluding steroid dienone is 3. The maximum Gasteiger partial charge on any atom is 0.306 e. The zero-order chi connectivity index (χ0) is 13.3. The van der Waals surface area contributed by atoms with Crippen LogP contribution < -0.4 is 0 Å². The number of methoxy groups -OCH3 is 1. The summed E-state index contributed by atoms with van der Waals surface area (Å²) >= 11 is 0. The Hall–Kier alpha value is -1.12. The highest BCUT2D eigenvalue weighted by Crippen LogP contribution is 2.26. The lowest BCUT2D eigenvalue weighted by atomic mass is 9.88. The van der Waals surface area contributed by atoms with E-state index in [-0.39, 0.29) is 11.9 Å². The van der Waals surface area contributed by atoms with Gasteiger partial charge in [0.1, 0.15) is 5.83 Å². The molecule has 0 aliphatic rings. The molecule has 0 amide bonds. The van der Waals surface area contributed by atoms with Gasteiger partial charge in [-0.2, -0.15) is 0 Å². The molecular weight excluding hydrogens is 219 g/mol. The zero-order valence-electron chi connectivity index (χ0n) is 11.1. The molecule has 0 bridgehead atoms. The van der Waals surface area contributed by atoms with E-state index in [1.807, 2.05) is 6.92 Å². The molecule has 17 heavy (non-hydrogen) atoms. The van der Waals surface area contributed by atoms with Crippen molar-refractivity contribution in [2.24, 2.45) is 5.92 Å². The molecular formula is C14H23FO2. The summed E-state index contributed by atoms with van der Waals surface area (Å²) in [6.45, 7) is 7.30. The summed E-state index contributed by atoms with van der Waals surface area (Å²) < 4.78 is 17.5. The summed E-state index contributed by atoms with van der Waals surface area (Å²) in [5.41, 5.74) is 0.941. The highest BCUT2D eigenvalue weighted by atomic mass is 19.1. The van der Waals surface area contributed by atoms with Crippen LogP contribution >= 0.6 is 0 Å². The number of hydrogen-bond acceptors (Lipinski definition) is 2. The quantitative estimate of drug-likeness (QED) is 0.471. The van der Waals surface area contributed by atoms with Gasteiger partial charge in [0, 0.05) is 0 Å². The van der Waals surface area contributed by atoms with Crippen LogP contribution in [0.15, 0.2) is 24.1 Å². The molecule has 1 unspecified atom stereocenters. The van der Waals surface area contributed by atoms with E-state index in [4.69, 9.17) is 0 Å². The van der Waals surface area contributed by atoms with Crippen LogP contribution in [0.2, 0.25) is 0 Å². The molecule has 0 aromatic heterocycles. The second-order valence-electron chi connectivity index (χ2n) is 4.14. The van der Waals surface area contributed by atoms with Crippen molar-refractivity contribution in [1.29, 1.82) is 0 Å². The van der Waals surface area contributed by atoms with E-state index in [2.05, 4.69) is 18.2 Å². The van der Waals surface area contributed by atoms with E-state index in [1.165, 1.54) is 13.2 Å². The fraction of sp³-hybridized carbons (Fsp3) is 0.643. The van der Waals surface area contributed by atoms with Gasteiger partial charge >= 0.3 is 5.97 Å². The van der Waals surface area contributed by atoms with Gasteiger partial charge in [0.05, 0.1) is 13.5 Å². The first-order chi connectivity index (χ1) is 8.04. The minimum atomic E-state index is -0.451. The Morgan fingerprint density at radius 1 is 1.47 bits per heavy atom. The van der Waals surface area contributed by atoms with Gasteiger partial charge in [-0.05, 0) is 24.8 Å². The highest BCUT2D eigenvalue weighted by Gasteiger charge is 2.17. The van der Waals surface area contributed by atoms with E-state index in [9.17, 15) is 9.18 Å². The number of carbonyl (C=O) groups excluding carboxylic acids is 1. The summed E-state index contributed by atoms with van der Waals surface area (Å²) in [5, 5.41) is 0. The van der Waals surface area contributed by atoms with Crippen LogP contribution in [0, 0.1) is 5.92 Å². The molecule has 0 rings (SSSR count). The van der Waals surface area contributed by atoms with Crippen molar-refractivity contribution in [2.75, 3.05) is 7.11 Å². The lowest BCUT2D eigenvalue weighted by molar-refractivity contribution is -0.141. The molecule has 0 aliphatic carbocycles. The van der Waals surface area contributed by atoms with Crippen molar-refractivity contribution in [3.8, 4) is 0 Å². The number of hydrogen-bond donors (Lipinski definition) is 0. The van der Waals surface area contributed by atoms with E-state index in [0.717, 1.165) is 31.3 Å². The maximum absolute atomic E-state index is 12.9. The molecule has 0 radical (unpaired) electrons. The third-order valence-corrected chi connectivity index (χ3v) is 2.82. The van der Waals surface area contributed by atoms with E-state index < -0.39 is 5.83 Å². The molecule has 0 saturated heterocycles. The maximum atomic E-state index is 12.9. The van der Waals surface area contributed by atoms with Crippen LogP contribution in [0.3, 0.4) is 0 Å². The lowest BCUT2D eigenvalue weighted by Crippen LogP contribution is -2.12. The van der Waals surface area contributed by atoms with Crippen molar-refractivity contribution < 1.29 is 13.9 Å². The Bertz CT molecular complexity index is 282. The molecule has 0 fully saturated rings. The lowest BCUT2D eigenvalue weighted by Gasteiger charge is -2.18. The first-order valence-electron chi connectivity index (χ1n) is 6.16. The van der Waals surface area contributed by atoms with E-state index in [1.54, 1.807) is 0 Å². The predicted octanol–water partition coefficient (Wildman–Crippen LogP) is 4.18. The highest BCUT2D eigenvalue weighted by molar-refractivity contribution is 5.70. The van der Waals surface area contributed by atoms with Crippen LogP contribution in [0.25, 0.3) is 0 Å². The Morgan fingerprint density at radius 3 is 2.53 bits per heavy atom. The van der Waals surface area contributed by atoms with Crippen molar-refractivity contribution in [3.63, 3.8) is 0 Å². The van der Waals surface area contributed by atoms with Crippen molar-refractivity contribution >= 4 is 5.97 Å². The molecule has 98 valence electrons. The molecule has 0 saturated carbocycles. The van der Waals surface area contributed by atoms with Crippen LogP contribution in [-0.2, 0) is 9.53 Å². The Labute approximate surface area is 104 Å². The van der Waals surface area contributed by atoms with Gasteiger partial charge in [-0.15, -0.1) is 0 Å². The van der Waals surface area contributed by atoms with Gasteiger partial charge in [0.15, 0.2) is 0 Å². The van der Waals surface area contributed by atoms with E-state index >= 15 is 0 Å². The predicted molar refractivity (Wildman–Crippen MR) is 68.3 cm³/mol. The smallest absolute Gasteiger partial charge is 0.306 e. The second-order valence-corrected chi connectivity index (χ2v) is 4.14. The normalized spacial score (nSPS) is 13.3. The fourth-order valence-corrected chi connectivity index (χ4v) is 1.86. The van der Waals surface area contributed by atoms with Crippen LogP contribution in [0.5, 0.6) is 0 Å². The molecule has 2 nitrogen and oxygen atoms in total. The van der Waals surface area contributed by atoms with Crippen LogP contribution in [0.4, 0.5) is 4.39 Å². The van der Waals surface area contributed by atoms with Gasteiger partial charge in [0.2, 0.25) is 0 Å². The first kappa shape index (κ1) is 15.9. The average Bonchev–Trinajstić information content (AvgIpc) is 2.30. The number of esters is 1. The summed E-state index contributed by atoms with van der Waals surface area (Å²) in [6.07, 6.45) is 5.47. The number of rotatable bonds is 8. The van der Waals surface area contributed by atoms with Crippen LogP contribution in [-0.4, -0.2) is 13.1 Å². The second kappa shape index (κ2) is 8.97. The summed E-state index contributed by atoms with van der Waals surface area (Å²) in [5.74, 6) is -0.622. The molecule has 0 spiro atoms. The largest absolute Gasteiger partial charge is 0.469 e. The monoisotopic (exact) mass is 242 g/mol. The minimum absolute atomic E-state index is 0.0694. The molecule has 0 aliphatic heterocycles. The Morgan fingerprint density at radius 2 is 2.12 bits per heavy atom. The molecule has 3 heteroatoms. The molecule has 0 N–H and O–H groups in total. The summed E-state index contributed by atoms with van der Waals surface area (Å²) in [6, 6.07) is 0. The third-order valence-electron chi connectivity index (χ3n) is 2.82. The zero-order valence-corrected chi connectivity index (χ0v) is 11.1. The van der Waals surface area contributed by atoms with Crippen molar-refractivity contribution in [3.05, 3.63) is 24.1 Å². The summed E-state index contributed by atoms with van der Waals surface area (Å²) in [7, 11) is 1.38. The van der Waals surface area contributed by atoms with Crippen LogP contribution in [0.1, 0.15) is 46.0 Å². The number of halogens is 1. The van der Waals surface area contributed by atoms with Gasteiger partial charge < -0.3 is 4.74 Å². The molecule has 0 heterocycles. The van der Waals surface area contributed by atoms with Gasteiger partial charge in [0.25, 0.3) is 0 Å². The Balaban J connectivity index is 4.73. The van der Waals surface area contributed by atoms with Gasteiger partial charge in [-0.25, -0.2) is 4.39 Å². The number of carbonyl (C=O) groups is 1. The number of unbranched alkanes of at least 4 members (excludes halogenated alkanes) is 1. The van der Waals surface area contributed by atoms with Gasteiger partial charge in [-0.1, -0.05) is 38.8 Å². The summed E-state index contributed by atoms with van der Waals surface area (Å²) in [4.78, 5) is 11.3. The van der Waals surface area contributed by atoms with Crippen molar-refractivity contribution in [2.45, 2.75) is 46.0 Å². The number of ether oxygens (including phenoxy) is 1. The topological polar surface area (TPSA) is 26.3 Å². The van der Waals surface area contributed by atoms with Crippen molar-refractivity contribution in [1.82, 2.24) is 0 Å². The average molecular weight is 242 g/mol. The molecule has 1 atom stereocenters. The minimum Gasteiger partial charge on any atom is -0.469 e. The fourth-order valence-electron chi connectivity index (χ4n) is 1.86. The standard InChI is InChI=1S/C14H23FO2/c1-5-7-8-13(10-14(16)17-4)12(6-2)9-11(3)15/h9,13H,3,5-8,10H2,1-2,4H3/b12-9+. The van der Waals surface area contributed by atoms with E-state index in [0.29, 0.717) is 6.42 Å². The Kier molecular flexibility index (Phi) is 8.38. The van der Waals surface area contributed by atoms with Gasteiger partial charge in [-0.3, -0.25) is 4.79 Å². The molecule has 0 aromatic carbocycles. The molecule has 0 aromatic rings. The SMILES string of the molecule is C=C(F)/C=C(\CC)C(CCCC)CC(=O)OC.